The summed E-state index contributed by atoms with van der Waals surface area (Å²) in [7, 11) is 1.22. The average molecular weight is 267 g/mol. The van der Waals surface area contributed by atoms with E-state index < -0.39 is 11.8 Å². The molecule has 5 heteroatoms. The summed E-state index contributed by atoms with van der Waals surface area (Å²) in [6.45, 7) is 0. The summed E-state index contributed by atoms with van der Waals surface area (Å²) < 4.78 is 17.7. The Hall–Kier alpha value is -0.610. The smallest absolute Gasteiger partial charge is 0.337 e. The van der Waals surface area contributed by atoms with Crippen molar-refractivity contribution in [2.75, 3.05) is 7.11 Å². The van der Waals surface area contributed by atoms with E-state index in [1.54, 1.807) is 0 Å². The Bertz CT molecular complexity index is 331. The largest absolute Gasteiger partial charge is 0.465 e. The molecule has 0 aliphatic heterocycles. The topological polar surface area (TPSA) is 26.3 Å². The molecule has 1 rings (SSSR count). The van der Waals surface area contributed by atoms with E-state index in [0.717, 1.165) is 6.07 Å². The van der Waals surface area contributed by atoms with Crippen molar-refractivity contribution in [3.8, 4) is 0 Å². The standard InChI is InChI=1S/C8H5BrClFO2/c1-13-8(12)4-2-5(9)7(10)6(11)3-4/h2-3H,1H3. The maximum absolute atomic E-state index is 13.0. The summed E-state index contributed by atoms with van der Waals surface area (Å²) >= 11 is 8.54. The molecule has 0 spiro atoms. The number of esters is 1. The minimum absolute atomic E-state index is 0.0485. The predicted molar refractivity (Wildman–Crippen MR) is 50.4 cm³/mol. The first kappa shape index (κ1) is 10.5. The highest BCUT2D eigenvalue weighted by atomic mass is 79.9. The Kier molecular flexibility index (Phi) is 3.27. The van der Waals surface area contributed by atoms with Crippen LogP contribution in [0.2, 0.25) is 5.02 Å². The third-order valence-electron chi connectivity index (χ3n) is 1.40. The zero-order valence-electron chi connectivity index (χ0n) is 6.61. The predicted octanol–water partition coefficient (Wildman–Crippen LogP) is 3.03. The van der Waals surface area contributed by atoms with Gasteiger partial charge in [0.1, 0.15) is 5.82 Å². The van der Waals surface area contributed by atoms with Crippen LogP contribution in [0.4, 0.5) is 4.39 Å². The molecule has 0 aromatic heterocycles. The first-order valence-electron chi connectivity index (χ1n) is 3.29. The first-order chi connectivity index (χ1) is 6.06. The van der Waals surface area contributed by atoms with Gasteiger partial charge in [-0.05, 0) is 28.1 Å². The van der Waals surface area contributed by atoms with Crippen LogP contribution in [0.3, 0.4) is 0 Å². The van der Waals surface area contributed by atoms with Crippen molar-refractivity contribution in [3.05, 3.63) is 33.0 Å². The summed E-state index contributed by atoms with van der Waals surface area (Å²) in [6, 6.07) is 2.43. The SMILES string of the molecule is COC(=O)c1cc(F)c(Cl)c(Br)c1. The second kappa shape index (κ2) is 4.07. The zero-order valence-corrected chi connectivity index (χ0v) is 8.95. The lowest BCUT2D eigenvalue weighted by atomic mass is 10.2. The van der Waals surface area contributed by atoms with Crippen molar-refractivity contribution in [1.29, 1.82) is 0 Å². The monoisotopic (exact) mass is 266 g/mol. The number of methoxy groups -OCH3 is 1. The van der Waals surface area contributed by atoms with E-state index in [9.17, 15) is 9.18 Å². The molecule has 0 N–H and O–H groups in total. The fourth-order valence-corrected chi connectivity index (χ4v) is 1.34. The third-order valence-corrected chi connectivity index (χ3v) is 2.64. The minimum Gasteiger partial charge on any atom is -0.465 e. The summed E-state index contributed by atoms with van der Waals surface area (Å²) in [5.41, 5.74) is 0.122. The Labute approximate surface area is 87.8 Å². The Morgan fingerprint density at radius 2 is 2.23 bits per heavy atom. The molecule has 0 radical (unpaired) electrons. The molecule has 0 amide bonds. The Morgan fingerprint density at radius 3 is 2.69 bits per heavy atom. The van der Waals surface area contributed by atoms with Gasteiger partial charge in [-0.2, -0.15) is 0 Å². The van der Waals surface area contributed by atoms with E-state index in [1.807, 2.05) is 0 Å². The van der Waals surface area contributed by atoms with Crippen LogP contribution < -0.4 is 0 Å². The molecule has 0 saturated heterocycles. The van der Waals surface area contributed by atoms with Gasteiger partial charge in [0.25, 0.3) is 0 Å². The van der Waals surface area contributed by atoms with Crippen molar-refractivity contribution >= 4 is 33.5 Å². The van der Waals surface area contributed by atoms with Gasteiger partial charge in [-0.3, -0.25) is 0 Å². The molecule has 0 saturated carbocycles. The highest BCUT2D eigenvalue weighted by Gasteiger charge is 2.12. The van der Waals surface area contributed by atoms with Gasteiger partial charge in [-0.15, -0.1) is 0 Å². The first-order valence-corrected chi connectivity index (χ1v) is 4.46. The zero-order chi connectivity index (χ0) is 10.0. The quantitative estimate of drug-likeness (QED) is 0.577. The second-order valence-electron chi connectivity index (χ2n) is 2.25. The molecule has 0 bridgehead atoms. The van der Waals surface area contributed by atoms with Crippen molar-refractivity contribution in [3.63, 3.8) is 0 Å². The Balaban J connectivity index is 3.20. The van der Waals surface area contributed by atoms with Crippen LogP contribution in [-0.2, 0) is 4.74 Å². The number of carbonyl (C=O) groups is 1. The lowest BCUT2D eigenvalue weighted by Gasteiger charge is -2.02. The van der Waals surface area contributed by atoms with Crippen molar-refractivity contribution in [2.45, 2.75) is 0 Å². The number of carbonyl (C=O) groups excluding carboxylic acids is 1. The summed E-state index contributed by atoms with van der Waals surface area (Å²) in [4.78, 5) is 11.0. The molecular weight excluding hydrogens is 262 g/mol. The van der Waals surface area contributed by atoms with E-state index in [4.69, 9.17) is 11.6 Å². The lowest BCUT2D eigenvalue weighted by Crippen LogP contribution is -2.01. The highest BCUT2D eigenvalue weighted by Crippen LogP contribution is 2.26. The Morgan fingerprint density at radius 1 is 1.62 bits per heavy atom. The van der Waals surface area contributed by atoms with Crippen LogP contribution in [0.5, 0.6) is 0 Å². The van der Waals surface area contributed by atoms with E-state index in [1.165, 1.54) is 13.2 Å². The molecule has 2 nitrogen and oxygen atoms in total. The third kappa shape index (κ3) is 2.19. The number of hydrogen-bond donors (Lipinski definition) is 0. The molecule has 0 unspecified atom stereocenters. The van der Waals surface area contributed by atoms with Gasteiger partial charge in [0.05, 0.1) is 17.7 Å². The van der Waals surface area contributed by atoms with E-state index >= 15 is 0 Å². The van der Waals surface area contributed by atoms with Crippen LogP contribution in [0, 0.1) is 5.82 Å². The second-order valence-corrected chi connectivity index (χ2v) is 3.48. The van der Waals surface area contributed by atoms with Crippen LogP contribution in [-0.4, -0.2) is 13.1 Å². The fraction of sp³-hybridized carbons (Fsp3) is 0.125. The molecule has 0 atom stereocenters. The summed E-state index contributed by atoms with van der Waals surface area (Å²) in [5, 5.41) is -0.0485. The molecule has 1 aromatic carbocycles. The summed E-state index contributed by atoms with van der Waals surface area (Å²) in [6.07, 6.45) is 0. The molecule has 13 heavy (non-hydrogen) atoms. The van der Waals surface area contributed by atoms with E-state index in [-0.39, 0.29) is 10.6 Å². The van der Waals surface area contributed by atoms with Crippen molar-refractivity contribution < 1.29 is 13.9 Å². The van der Waals surface area contributed by atoms with Gasteiger partial charge in [0.15, 0.2) is 0 Å². The number of ether oxygens (including phenoxy) is 1. The van der Waals surface area contributed by atoms with Gasteiger partial charge in [0, 0.05) is 4.47 Å². The van der Waals surface area contributed by atoms with Crippen molar-refractivity contribution in [2.24, 2.45) is 0 Å². The molecule has 0 aliphatic rings. The molecule has 70 valence electrons. The van der Waals surface area contributed by atoms with Gasteiger partial charge >= 0.3 is 5.97 Å². The number of benzene rings is 1. The van der Waals surface area contributed by atoms with Gasteiger partial charge in [-0.1, -0.05) is 11.6 Å². The lowest BCUT2D eigenvalue weighted by molar-refractivity contribution is 0.0600. The van der Waals surface area contributed by atoms with Gasteiger partial charge in [-0.25, -0.2) is 9.18 Å². The minimum atomic E-state index is -0.656. The number of halogens is 3. The normalized spacial score (nSPS) is 9.85. The van der Waals surface area contributed by atoms with Gasteiger partial charge in [0.2, 0.25) is 0 Å². The fourth-order valence-electron chi connectivity index (χ4n) is 0.791. The molecule has 0 heterocycles. The maximum atomic E-state index is 13.0. The average Bonchev–Trinajstić information content (AvgIpc) is 2.12. The van der Waals surface area contributed by atoms with E-state index in [2.05, 4.69) is 20.7 Å². The summed E-state index contributed by atoms with van der Waals surface area (Å²) in [5.74, 6) is -1.26. The maximum Gasteiger partial charge on any atom is 0.337 e. The van der Waals surface area contributed by atoms with Crippen LogP contribution >= 0.6 is 27.5 Å². The molecule has 1 aromatic rings. The van der Waals surface area contributed by atoms with Crippen molar-refractivity contribution in [1.82, 2.24) is 0 Å². The molecule has 0 aliphatic carbocycles. The molecular formula is C8H5BrClFO2. The highest BCUT2D eigenvalue weighted by molar-refractivity contribution is 9.10. The van der Waals surface area contributed by atoms with Crippen LogP contribution in [0.25, 0.3) is 0 Å². The molecule has 0 fully saturated rings. The van der Waals surface area contributed by atoms with Crippen LogP contribution in [0.15, 0.2) is 16.6 Å². The number of rotatable bonds is 1. The van der Waals surface area contributed by atoms with Gasteiger partial charge < -0.3 is 4.74 Å². The number of hydrogen-bond acceptors (Lipinski definition) is 2. The van der Waals surface area contributed by atoms with E-state index in [0.29, 0.717) is 4.47 Å². The van der Waals surface area contributed by atoms with Crippen LogP contribution in [0.1, 0.15) is 10.4 Å².